The molecule has 0 saturated carbocycles. The first kappa shape index (κ1) is 12.9. The van der Waals surface area contributed by atoms with Crippen LogP contribution in [0.5, 0.6) is 0 Å². The van der Waals surface area contributed by atoms with Gasteiger partial charge in [0.25, 0.3) is 0 Å². The average Bonchev–Trinajstić information content (AvgIpc) is 2.46. The van der Waals surface area contributed by atoms with E-state index < -0.39 is 0 Å². The van der Waals surface area contributed by atoms with Gasteiger partial charge in [-0.05, 0) is 30.7 Å². The summed E-state index contributed by atoms with van der Waals surface area (Å²) in [6.07, 6.45) is 2.50. The van der Waals surface area contributed by atoms with Crippen LogP contribution < -0.4 is 0 Å². The minimum absolute atomic E-state index is 0.600. The Balaban J connectivity index is 2.23. The molecule has 0 aliphatic rings. The van der Waals surface area contributed by atoms with Crippen LogP contribution in [0.3, 0.4) is 0 Å². The van der Waals surface area contributed by atoms with Gasteiger partial charge in [-0.2, -0.15) is 0 Å². The molecule has 0 heterocycles. The van der Waals surface area contributed by atoms with Gasteiger partial charge < -0.3 is 0 Å². The third-order valence-electron chi connectivity index (χ3n) is 2.73. The Hall–Kier alpha value is -2.59. The normalized spacial score (nSPS) is 10.5. The molecule has 0 spiro atoms. The molecular formula is C18H14O. The number of aryl methyl sites for hydroxylation is 1. The van der Waals surface area contributed by atoms with Crippen LogP contribution in [-0.2, 0) is 4.79 Å². The Morgan fingerprint density at radius 3 is 2.32 bits per heavy atom. The molecule has 2 aromatic carbocycles. The van der Waals surface area contributed by atoms with Crippen molar-refractivity contribution in [3.8, 4) is 11.8 Å². The van der Waals surface area contributed by atoms with E-state index in [1.165, 1.54) is 5.56 Å². The quantitative estimate of drug-likeness (QED) is 0.449. The second-order valence-corrected chi connectivity index (χ2v) is 4.22. The fraction of sp³-hybridized carbons (Fsp3) is 0.0556. The topological polar surface area (TPSA) is 17.1 Å². The molecule has 0 amide bonds. The number of hydrogen-bond acceptors (Lipinski definition) is 1. The van der Waals surface area contributed by atoms with Gasteiger partial charge in [-0.3, -0.25) is 4.79 Å². The van der Waals surface area contributed by atoms with Crippen molar-refractivity contribution in [2.75, 3.05) is 0 Å². The van der Waals surface area contributed by atoms with Gasteiger partial charge in [0.05, 0.1) is 0 Å². The lowest BCUT2D eigenvalue weighted by molar-refractivity contribution is -0.103. The van der Waals surface area contributed by atoms with Crippen molar-refractivity contribution in [1.82, 2.24) is 0 Å². The first-order chi connectivity index (χ1) is 9.29. The Kier molecular flexibility index (Phi) is 4.31. The molecule has 19 heavy (non-hydrogen) atoms. The van der Waals surface area contributed by atoms with E-state index in [0.29, 0.717) is 5.57 Å². The standard InChI is InChI=1S/C18H14O/c1-15-10-12-17(13-11-15)18(14-19)9-5-8-16-6-3-2-4-7-16/h2-4,6-7,9-14H,1H3/b18-9+. The van der Waals surface area contributed by atoms with E-state index in [2.05, 4.69) is 11.8 Å². The van der Waals surface area contributed by atoms with Crippen LogP contribution in [-0.4, -0.2) is 6.29 Å². The van der Waals surface area contributed by atoms with Gasteiger partial charge in [0.15, 0.2) is 6.29 Å². The zero-order chi connectivity index (χ0) is 13.5. The Labute approximate surface area is 113 Å². The number of rotatable bonds is 2. The molecule has 1 nitrogen and oxygen atoms in total. The molecule has 92 valence electrons. The lowest BCUT2D eigenvalue weighted by atomic mass is 10.1. The number of benzene rings is 2. The van der Waals surface area contributed by atoms with Crippen molar-refractivity contribution in [1.29, 1.82) is 0 Å². The molecule has 0 radical (unpaired) electrons. The summed E-state index contributed by atoms with van der Waals surface area (Å²) in [6.45, 7) is 2.02. The third kappa shape index (κ3) is 3.69. The lowest BCUT2D eigenvalue weighted by Crippen LogP contribution is -1.85. The molecule has 0 aliphatic heterocycles. The maximum absolute atomic E-state index is 11.1. The van der Waals surface area contributed by atoms with E-state index in [4.69, 9.17) is 0 Å². The summed E-state index contributed by atoms with van der Waals surface area (Å²) in [5, 5.41) is 0. The highest BCUT2D eigenvalue weighted by molar-refractivity contribution is 6.07. The molecule has 0 fully saturated rings. The SMILES string of the molecule is Cc1ccc(/C(C=O)=C/C#Cc2ccccc2)cc1. The number of carbonyl (C=O) groups excluding carboxylic acids is 1. The largest absolute Gasteiger partial charge is 0.298 e. The molecule has 2 aromatic rings. The third-order valence-corrected chi connectivity index (χ3v) is 2.73. The van der Waals surface area contributed by atoms with E-state index in [9.17, 15) is 4.79 Å². The molecule has 0 unspecified atom stereocenters. The number of aldehydes is 1. The van der Waals surface area contributed by atoms with Crippen LogP contribution in [0.15, 0.2) is 60.7 Å². The van der Waals surface area contributed by atoms with Crippen LogP contribution in [0.4, 0.5) is 0 Å². The van der Waals surface area contributed by atoms with Gasteiger partial charge in [0, 0.05) is 11.1 Å². The Morgan fingerprint density at radius 1 is 1.00 bits per heavy atom. The highest BCUT2D eigenvalue weighted by Crippen LogP contribution is 2.12. The number of allylic oxidation sites excluding steroid dienone is 2. The van der Waals surface area contributed by atoms with E-state index in [-0.39, 0.29) is 0 Å². The summed E-state index contributed by atoms with van der Waals surface area (Å²) in [6, 6.07) is 17.5. The van der Waals surface area contributed by atoms with Gasteiger partial charge >= 0.3 is 0 Å². The van der Waals surface area contributed by atoms with Gasteiger partial charge in [0.2, 0.25) is 0 Å². The second-order valence-electron chi connectivity index (χ2n) is 4.22. The van der Waals surface area contributed by atoms with E-state index in [1.807, 2.05) is 61.5 Å². The summed E-state index contributed by atoms with van der Waals surface area (Å²) in [5.74, 6) is 5.93. The smallest absolute Gasteiger partial charge is 0.151 e. The van der Waals surface area contributed by atoms with Gasteiger partial charge in [-0.1, -0.05) is 59.9 Å². The second kappa shape index (κ2) is 6.37. The molecule has 0 N–H and O–H groups in total. The van der Waals surface area contributed by atoms with Crippen molar-refractivity contribution in [3.05, 3.63) is 77.4 Å². The summed E-state index contributed by atoms with van der Waals surface area (Å²) >= 11 is 0. The van der Waals surface area contributed by atoms with Crippen molar-refractivity contribution < 1.29 is 4.79 Å². The van der Waals surface area contributed by atoms with Crippen LogP contribution in [0.25, 0.3) is 5.57 Å². The van der Waals surface area contributed by atoms with Crippen LogP contribution >= 0.6 is 0 Å². The fourth-order valence-electron chi connectivity index (χ4n) is 1.65. The molecule has 0 aliphatic carbocycles. The summed E-state index contributed by atoms with van der Waals surface area (Å²) < 4.78 is 0. The Bertz CT molecular complexity index is 638. The van der Waals surface area contributed by atoms with E-state index in [1.54, 1.807) is 6.08 Å². The van der Waals surface area contributed by atoms with Crippen molar-refractivity contribution in [2.45, 2.75) is 6.92 Å². The number of hydrogen-bond donors (Lipinski definition) is 0. The van der Waals surface area contributed by atoms with Crippen molar-refractivity contribution in [3.63, 3.8) is 0 Å². The molecule has 1 heteroatoms. The minimum Gasteiger partial charge on any atom is -0.298 e. The Morgan fingerprint density at radius 2 is 1.68 bits per heavy atom. The zero-order valence-corrected chi connectivity index (χ0v) is 10.8. The first-order valence-electron chi connectivity index (χ1n) is 6.08. The first-order valence-corrected chi connectivity index (χ1v) is 6.08. The maximum Gasteiger partial charge on any atom is 0.151 e. The minimum atomic E-state index is 0.600. The van der Waals surface area contributed by atoms with Crippen LogP contribution in [0.1, 0.15) is 16.7 Å². The van der Waals surface area contributed by atoms with E-state index in [0.717, 1.165) is 17.4 Å². The average molecular weight is 246 g/mol. The summed E-state index contributed by atoms with van der Waals surface area (Å²) in [4.78, 5) is 11.1. The van der Waals surface area contributed by atoms with Crippen molar-refractivity contribution in [2.24, 2.45) is 0 Å². The predicted molar refractivity (Wildman–Crippen MR) is 78.5 cm³/mol. The molecule has 0 atom stereocenters. The molecular weight excluding hydrogens is 232 g/mol. The number of carbonyl (C=O) groups is 1. The monoisotopic (exact) mass is 246 g/mol. The highest BCUT2D eigenvalue weighted by atomic mass is 16.1. The predicted octanol–water partition coefficient (Wildman–Crippen LogP) is 3.63. The fourth-order valence-corrected chi connectivity index (χ4v) is 1.65. The highest BCUT2D eigenvalue weighted by Gasteiger charge is 1.97. The zero-order valence-electron chi connectivity index (χ0n) is 10.8. The summed E-state index contributed by atoms with van der Waals surface area (Å²) in [5.41, 5.74) is 3.60. The van der Waals surface area contributed by atoms with Gasteiger partial charge in [-0.15, -0.1) is 0 Å². The maximum atomic E-state index is 11.1. The molecule has 0 aromatic heterocycles. The summed E-state index contributed by atoms with van der Waals surface area (Å²) in [7, 11) is 0. The van der Waals surface area contributed by atoms with E-state index >= 15 is 0 Å². The van der Waals surface area contributed by atoms with Crippen molar-refractivity contribution >= 4 is 11.9 Å². The molecule has 0 saturated heterocycles. The van der Waals surface area contributed by atoms with Gasteiger partial charge in [0.1, 0.15) is 0 Å². The molecule has 0 bridgehead atoms. The van der Waals surface area contributed by atoms with Crippen LogP contribution in [0, 0.1) is 18.8 Å². The molecule has 2 rings (SSSR count). The van der Waals surface area contributed by atoms with Gasteiger partial charge in [-0.25, -0.2) is 0 Å². The lowest BCUT2D eigenvalue weighted by Gasteiger charge is -1.98. The van der Waals surface area contributed by atoms with Crippen LogP contribution in [0.2, 0.25) is 0 Å².